The van der Waals surface area contributed by atoms with Crippen molar-refractivity contribution in [1.29, 1.82) is 0 Å². The molecular weight excluding hydrogens is 242 g/mol. The van der Waals surface area contributed by atoms with Crippen LogP contribution in [0.1, 0.15) is 18.2 Å². The standard InChI is InChI=1S/C14H15N3S/c1-4-17-8-16-13(10(17)3)12-7-11-14(18-12)9(2)5-6-15-11/h5-8H,4H2,1-3H3. The van der Waals surface area contributed by atoms with Gasteiger partial charge in [-0.3, -0.25) is 4.98 Å². The Kier molecular flexibility index (Phi) is 2.67. The van der Waals surface area contributed by atoms with Crippen molar-refractivity contribution < 1.29 is 0 Å². The van der Waals surface area contributed by atoms with Crippen molar-refractivity contribution in [3.63, 3.8) is 0 Å². The second kappa shape index (κ2) is 4.21. The van der Waals surface area contributed by atoms with E-state index < -0.39 is 0 Å². The molecule has 0 atom stereocenters. The van der Waals surface area contributed by atoms with Crippen LogP contribution in [-0.2, 0) is 6.54 Å². The first-order valence-electron chi connectivity index (χ1n) is 6.08. The number of imidazole rings is 1. The number of fused-ring (bicyclic) bond motifs is 1. The molecule has 3 aromatic rings. The van der Waals surface area contributed by atoms with E-state index >= 15 is 0 Å². The highest BCUT2D eigenvalue weighted by Crippen LogP contribution is 2.34. The third-order valence-corrected chi connectivity index (χ3v) is 4.55. The first-order chi connectivity index (χ1) is 8.70. The van der Waals surface area contributed by atoms with Crippen LogP contribution in [0.4, 0.5) is 0 Å². The van der Waals surface area contributed by atoms with Crippen molar-refractivity contribution in [3.05, 3.63) is 35.9 Å². The summed E-state index contributed by atoms with van der Waals surface area (Å²) >= 11 is 1.78. The Hall–Kier alpha value is -1.68. The number of nitrogens with zero attached hydrogens (tertiary/aromatic N) is 3. The fourth-order valence-corrected chi connectivity index (χ4v) is 3.32. The van der Waals surface area contributed by atoms with Crippen molar-refractivity contribution in [3.8, 4) is 10.6 Å². The van der Waals surface area contributed by atoms with Gasteiger partial charge in [0.15, 0.2) is 0 Å². The van der Waals surface area contributed by atoms with E-state index in [0.717, 1.165) is 17.8 Å². The van der Waals surface area contributed by atoms with Crippen LogP contribution >= 0.6 is 11.3 Å². The third kappa shape index (κ3) is 1.64. The highest BCUT2D eigenvalue weighted by atomic mass is 32.1. The molecule has 92 valence electrons. The third-order valence-electron chi connectivity index (χ3n) is 3.28. The Morgan fingerprint density at radius 3 is 2.78 bits per heavy atom. The van der Waals surface area contributed by atoms with Gasteiger partial charge in [0.2, 0.25) is 0 Å². The smallest absolute Gasteiger partial charge is 0.101 e. The maximum atomic E-state index is 4.53. The average Bonchev–Trinajstić information content (AvgIpc) is 2.93. The topological polar surface area (TPSA) is 30.7 Å². The molecule has 18 heavy (non-hydrogen) atoms. The summed E-state index contributed by atoms with van der Waals surface area (Å²) in [6, 6.07) is 4.20. The zero-order valence-electron chi connectivity index (χ0n) is 10.8. The molecule has 3 nitrogen and oxygen atoms in total. The second-order valence-corrected chi connectivity index (χ2v) is 5.47. The summed E-state index contributed by atoms with van der Waals surface area (Å²) in [6.07, 6.45) is 3.78. The van der Waals surface area contributed by atoms with Gasteiger partial charge in [-0.2, -0.15) is 0 Å². The largest absolute Gasteiger partial charge is 0.334 e. The van der Waals surface area contributed by atoms with Gasteiger partial charge in [0.1, 0.15) is 5.69 Å². The van der Waals surface area contributed by atoms with Gasteiger partial charge in [0.05, 0.1) is 21.4 Å². The van der Waals surface area contributed by atoms with Crippen LogP contribution in [0.5, 0.6) is 0 Å². The van der Waals surface area contributed by atoms with E-state index in [0.29, 0.717) is 0 Å². The van der Waals surface area contributed by atoms with Gasteiger partial charge in [-0.15, -0.1) is 11.3 Å². The van der Waals surface area contributed by atoms with Crippen molar-refractivity contribution >= 4 is 21.6 Å². The molecule has 0 radical (unpaired) electrons. The fraction of sp³-hybridized carbons (Fsp3) is 0.286. The minimum atomic E-state index is 0.959. The maximum absolute atomic E-state index is 4.53. The number of aryl methyl sites for hydroxylation is 2. The van der Waals surface area contributed by atoms with Gasteiger partial charge in [-0.25, -0.2) is 4.98 Å². The molecule has 0 spiro atoms. The first kappa shape index (κ1) is 11.4. The Morgan fingerprint density at radius 2 is 2.11 bits per heavy atom. The summed E-state index contributed by atoms with van der Waals surface area (Å²) in [5, 5.41) is 0. The van der Waals surface area contributed by atoms with Gasteiger partial charge >= 0.3 is 0 Å². The average molecular weight is 257 g/mol. The first-order valence-corrected chi connectivity index (χ1v) is 6.89. The lowest BCUT2D eigenvalue weighted by atomic mass is 10.2. The number of thiophene rings is 1. The SMILES string of the molecule is CCn1cnc(-c2cc3nccc(C)c3s2)c1C. The quantitative estimate of drug-likeness (QED) is 0.699. The van der Waals surface area contributed by atoms with Crippen LogP contribution in [0.3, 0.4) is 0 Å². The summed E-state index contributed by atoms with van der Waals surface area (Å²) in [7, 11) is 0. The van der Waals surface area contributed by atoms with Gasteiger partial charge in [-0.1, -0.05) is 0 Å². The molecule has 3 rings (SSSR count). The van der Waals surface area contributed by atoms with Crippen molar-refractivity contribution in [1.82, 2.24) is 14.5 Å². The summed E-state index contributed by atoms with van der Waals surface area (Å²) in [5.74, 6) is 0. The van der Waals surface area contributed by atoms with E-state index in [-0.39, 0.29) is 0 Å². The fourth-order valence-electron chi connectivity index (χ4n) is 2.19. The second-order valence-electron chi connectivity index (χ2n) is 4.42. The minimum absolute atomic E-state index is 0.959. The lowest BCUT2D eigenvalue weighted by molar-refractivity contribution is 0.738. The molecule has 3 heterocycles. The van der Waals surface area contributed by atoms with Gasteiger partial charge in [0, 0.05) is 18.4 Å². The summed E-state index contributed by atoms with van der Waals surface area (Å²) in [5.41, 5.74) is 4.66. The lowest BCUT2D eigenvalue weighted by Crippen LogP contribution is -1.93. The molecule has 4 heteroatoms. The molecule has 0 N–H and O–H groups in total. The van der Waals surface area contributed by atoms with Crippen molar-refractivity contribution in [2.24, 2.45) is 0 Å². The summed E-state index contributed by atoms with van der Waals surface area (Å²) in [6.45, 7) is 7.34. The Labute approximate surface area is 110 Å². The molecule has 0 fully saturated rings. The zero-order valence-corrected chi connectivity index (χ0v) is 11.6. The zero-order chi connectivity index (χ0) is 12.7. The van der Waals surface area contributed by atoms with Gasteiger partial charge < -0.3 is 4.57 Å². The number of rotatable bonds is 2. The molecule has 0 aromatic carbocycles. The van der Waals surface area contributed by atoms with Crippen LogP contribution in [0.25, 0.3) is 20.8 Å². The molecular formula is C14H15N3S. The molecule has 0 bridgehead atoms. The van der Waals surface area contributed by atoms with Gasteiger partial charge in [0.25, 0.3) is 0 Å². The highest BCUT2D eigenvalue weighted by molar-refractivity contribution is 7.22. The van der Waals surface area contributed by atoms with Gasteiger partial charge in [-0.05, 0) is 38.5 Å². The summed E-state index contributed by atoms with van der Waals surface area (Å²) < 4.78 is 3.43. The molecule has 0 aliphatic heterocycles. The van der Waals surface area contributed by atoms with Crippen LogP contribution < -0.4 is 0 Å². The molecule has 3 aromatic heterocycles. The summed E-state index contributed by atoms with van der Waals surface area (Å²) in [4.78, 5) is 10.2. The van der Waals surface area contributed by atoms with E-state index in [1.54, 1.807) is 11.3 Å². The molecule has 0 aliphatic carbocycles. The number of aromatic nitrogens is 3. The van der Waals surface area contributed by atoms with E-state index in [1.165, 1.54) is 20.8 Å². The van der Waals surface area contributed by atoms with Crippen LogP contribution in [-0.4, -0.2) is 14.5 Å². The van der Waals surface area contributed by atoms with E-state index in [2.05, 4.69) is 47.4 Å². The van der Waals surface area contributed by atoms with E-state index in [4.69, 9.17) is 0 Å². The molecule has 0 aliphatic rings. The van der Waals surface area contributed by atoms with Crippen molar-refractivity contribution in [2.75, 3.05) is 0 Å². The Balaban J connectivity index is 2.19. The normalized spacial score (nSPS) is 11.3. The predicted molar refractivity (Wildman–Crippen MR) is 76.0 cm³/mol. The Bertz CT molecular complexity index is 709. The molecule has 0 saturated heterocycles. The van der Waals surface area contributed by atoms with Crippen LogP contribution in [0.2, 0.25) is 0 Å². The highest BCUT2D eigenvalue weighted by Gasteiger charge is 2.12. The number of pyridine rings is 1. The maximum Gasteiger partial charge on any atom is 0.101 e. The predicted octanol–water partition coefficient (Wildman–Crippen LogP) is 3.80. The molecule has 0 amide bonds. The molecule has 0 unspecified atom stereocenters. The van der Waals surface area contributed by atoms with Crippen molar-refractivity contribution in [2.45, 2.75) is 27.3 Å². The Morgan fingerprint density at radius 1 is 1.28 bits per heavy atom. The van der Waals surface area contributed by atoms with E-state index in [9.17, 15) is 0 Å². The lowest BCUT2D eigenvalue weighted by Gasteiger charge is -1.99. The number of hydrogen-bond donors (Lipinski definition) is 0. The van der Waals surface area contributed by atoms with E-state index in [1.807, 2.05) is 12.5 Å². The monoisotopic (exact) mass is 257 g/mol. The minimum Gasteiger partial charge on any atom is -0.334 e. The van der Waals surface area contributed by atoms with Crippen LogP contribution in [0.15, 0.2) is 24.7 Å². The van der Waals surface area contributed by atoms with Crippen LogP contribution in [0, 0.1) is 13.8 Å². The molecule has 0 saturated carbocycles. The number of hydrogen-bond acceptors (Lipinski definition) is 3.